The molecule has 0 aliphatic rings. The molecule has 0 saturated heterocycles. The summed E-state index contributed by atoms with van der Waals surface area (Å²) in [5.41, 5.74) is 3.86. The number of pyridine rings is 1. The first-order valence-corrected chi connectivity index (χ1v) is 7.57. The fraction of sp³-hybridized carbons (Fsp3) is 0.625. The summed E-state index contributed by atoms with van der Waals surface area (Å²) in [4.78, 5) is 17.6. The van der Waals surface area contributed by atoms with Crippen LogP contribution in [0.25, 0.3) is 0 Å². The van der Waals surface area contributed by atoms with Crippen LogP contribution in [-0.2, 0) is 11.3 Å². The highest BCUT2D eigenvalue weighted by atomic mass is 16.6. The van der Waals surface area contributed by atoms with Crippen molar-refractivity contribution in [3.8, 4) is 0 Å². The quantitative estimate of drug-likeness (QED) is 0.783. The molecule has 0 aliphatic carbocycles. The molecule has 6 nitrogen and oxygen atoms in total. The van der Waals surface area contributed by atoms with Crippen LogP contribution >= 0.6 is 0 Å². The van der Waals surface area contributed by atoms with Crippen LogP contribution in [0.15, 0.2) is 24.5 Å². The molecule has 0 bridgehead atoms. The van der Waals surface area contributed by atoms with Gasteiger partial charge in [-0.1, -0.05) is 6.07 Å². The molecule has 1 heterocycles. The molecule has 124 valence electrons. The average molecular weight is 308 g/mol. The predicted molar refractivity (Wildman–Crippen MR) is 87.2 cm³/mol. The van der Waals surface area contributed by atoms with Gasteiger partial charge in [0.15, 0.2) is 0 Å². The third kappa shape index (κ3) is 7.38. The molecule has 0 spiro atoms. The molecule has 22 heavy (non-hydrogen) atoms. The smallest absolute Gasteiger partial charge is 0.410 e. The number of aromatic nitrogens is 1. The fourth-order valence-electron chi connectivity index (χ4n) is 1.91. The summed E-state index contributed by atoms with van der Waals surface area (Å²) in [6.07, 6.45) is 4.20. The van der Waals surface area contributed by atoms with Crippen molar-refractivity contribution in [1.29, 1.82) is 0 Å². The Morgan fingerprint density at radius 3 is 2.64 bits per heavy atom. The van der Waals surface area contributed by atoms with Crippen LogP contribution in [0.1, 0.15) is 32.8 Å². The minimum atomic E-state index is -0.456. The van der Waals surface area contributed by atoms with Crippen molar-refractivity contribution in [1.82, 2.24) is 20.3 Å². The number of hydrogen-bond acceptors (Lipinski definition) is 5. The molecule has 0 atom stereocenters. The number of carbonyl (C=O) groups excluding carboxylic acids is 1. The van der Waals surface area contributed by atoms with Crippen LogP contribution in [0, 0.1) is 0 Å². The maximum atomic E-state index is 11.9. The van der Waals surface area contributed by atoms with Crippen LogP contribution < -0.4 is 5.43 Å². The molecule has 0 radical (unpaired) electrons. The minimum absolute atomic E-state index is 0.282. The van der Waals surface area contributed by atoms with Crippen molar-refractivity contribution >= 4 is 6.09 Å². The molecule has 1 amide bonds. The summed E-state index contributed by atoms with van der Waals surface area (Å²) < 4.78 is 5.33. The number of nitrogens with one attached hydrogen (secondary N) is 1. The lowest BCUT2D eigenvalue weighted by Crippen LogP contribution is -2.38. The van der Waals surface area contributed by atoms with Gasteiger partial charge in [0.1, 0.15) is 5.60 Å². The van der Waals surface area contributed by atoms with Gasteiger partial charge in [-0.3, -0.25) is 10.4 Å². The Balaban J connectivity index is 2.33. The van der Waals surface area contributed by atoms with E-state index in [0.717, 1.165) is 25.1 Å². The van der Waals surface area contributed by atoms with Gasteiger partial charge < -0.3 is 9.64 Å². The van der Waals surface area contributed by atoms with Gasteiger partial charge in [-0.15, -0.1) is 0 Å². The number of hydrazine groups is 1. The molecule has 1 aromatic heterocycles. The van der Waals surface area contributed by atoms with Crippen molar-refractivity contribution < 1.29 is 9.53 Å². The molecule has 6 heteroatoms. The van der Waals surface area contributed by atoms with Crippen molar-refractivity contribution in [3.05, 3.63) is 30.1 Å². The monoisotopic (exact) mass is 308 g/mol. The molecular formula is C16H28N4O2. The molecule has 1 rings (SSSR count). The van der Waals surface area contributed by atoms with Crippen LogP contribution in [0.5, 0.6) is 0 Å². The first-order valence-electron chi connectivity index (χ1n) is 7.57. The van der Waals surface area contributed by atoms with E-state index in [0.29, 0.717) is 6.54 Å². The standard InChI is InChI=1S/C16H28N4O2/c1-16(2,3)22-15(21)19(5)10-7-11-20(17-4)13-14-8-6-9-18-12-14/h6,8-9,12,17H,7,10-11,13H2,1-5H3. The second kappa shape index (κ2) is 8.70. The summed E-state index contributed by atoms with van der Waals surface area (Å²) >= 11 is 0. The van der Waals surface area contributed by atoms with Gasteiger partial charge in [0.2, 0.25) is 0 Å². The highest BCUT2D eigenvalue weighted by Gasteiger charge is 2.19. The fourth-order valence-corrected chi connectivity index (χ4v) is 1.91. The normalized spacial score (nSPS) is 11.5. The van der Waals surface area contributed by atoms with Crippen LogP contribution in [0.3, 0.4) is 0 Å². The van der Waals surface area contributed by atoms with E-state index in [1.807, 2.05) is 46.1 Å². The lowest BCUT2D eigenvalue weighted by atomic mass is 10.2. The molecule has 0 unspecified atom stereocenters. The van der Waals surface area contributed by atoms with Crippen LogP contribution in [0.4, 0.5) is 4.79 Å². The van der Waals surface area contributed by atoms with Gasteiger partial charge >= 0.3 is 6.09 Å². The summed E-state index contributed by atoms with van der Waals surface area (Å²) in [6, 6.07) is 3.98. The number of rotatable bonds is 7. The lowest BCUT2D eigenvalue weighted by Gasteiger charge is -2.26. The van der Waals surface area contributed by atoms with E-state index in [-0.39, 0.29) is 6.09 Å². The lowest BCUT2D eigenvalue weighted by molar-refractivity contribution is 0.0289. The largest absolute Gasteiger partial charge is 0.444 e. The molecule has 0 saturated carbocycles. The van der Waals surface area contributed by atoms with Gasteiger partial charge in [-0.2, -0.15) is 0 Å². The maximum Gasteiger partial charge on any atom is 0.410 e. The third-order valence-electron chi connectivity index (χ3n) is 3.04. The number of amides is 1. The van der Waals surface area contributed by atoms with Crippen LogP contribution in [0.2, 0.25) is 0 Å². The SMILES string of the molecule is CNN(CCCN(C)C(=O)OC(C)(C)C)Cc1cccnc1. The number of nitrogens with zero attached hydrogens (tertiary/aromatic N) is 3. The zero-order valence-electron chi connectivity index (χ0n) is 14.3. The molecule has 0 aliphatic heterocycles. The summed E-state index contributed by atoms with van der Waals surface area (Å²) in [6.45, 7) is 7.87. The average Bonchev–Trinajstić information content (AvgIpc) is 2.45. The van der Waals surface area contributed by atoms with Crippen molar-refractivity contribution in [2.24, 2.45) is 0 Å². The summed E-state index contributed by atoms with van der Waals surface area (Å²) in [5.74, 6) is 0. The zero-order chi connectivity index (χ0) is 16.6. The zero-order valence-corrected chi connectivity index (χ0v) is 14.3. The van der Waals surface area contributed by atoms with Gasteiger partial charge in [-0.25, -0.2) is 9.80 Å². The highest BCUT2D eigenvalue weighted by Crippen LogP contribution is 2.09. The molecular weight excluding hydrogens is 280 g/mol. The minimum Gasteiger partial charge on any atom is -0.444 e. The number of hydrogen-bond donors (Lipinski definition) is 1. The van der Waals surface area contributed by atoms with Gasteiger partial charge in [0, 0.05) is 39.1 Å². The Hall–Kier alpha value is -1.66. The van der Waals surface area contributed by atoms with E-state index < -0.39 is 5.60 Å². The van der Waals surface area contributed by atoms with Gasteiger partial charge in [0.25, 0.3) is 0 Å². The maximum absolute atomic E-state index is 11.9. The third-order valence-corrected chi connectivity index (χ3v) is 3.04. The second-order valence-corrected chi connectivity index (χ2v) is 6.26. The molecule has 0 fully saturated rings. The highest BCUT2D eigenvalue weighted by molar-refractivity contribution is 5.67. The van der Waals surface area contributed by atoms with Crippen LogP contribution in [-0.4, -0.2) is 53.8 Å². The Kier molecular flexibility index (Phi) is 7.27. The van der Waals surface area contributed by atoms with E-state index in [2.05, 4.69) is 15.4 Å². The Bertz CT molecular complexity index is 445. The van der Waals surface area contributed by atoms with Gasteiger partial charge in [-0.05, 0) is 45.9 Å². The summed E-state index contributed by atoms with van der Waals surface area (Å²) in [5, 5.41) is 2.10. The van der Waals surface area contributed by atoms with E-state index in [9.17, 15) is 4.79 Å². The van der Waals surface area contributed by atoms with Crippen molar-refractivity contribution in [3.63, 3.8) is 0 Å². The Labute approximate surface area is 133 Å². The van der Waals surface area contributed by atoms with Crippen molar-refractivity contribution in [2.45, 2.75) is 39.3 Å². The first kappa shape index (κ1) is 18.4. The molecule has 0 aromatic carbocycles. The van der Waals surface area contributed by atoms with E-state index in [4.69, 9.17) is 4.74 Å². The number of ether oxygens (including phenoxy) is 1. The molecule has 1 aromatic rings. The summed E-state index contributed by atoms with van der Waals surface area (Å²) in [7, 11) is 3.66. The van der Waals surface area contributed by atoms with Crippen molar-refractivity contribution in [2.75, 3.05) is 27.2 Å². The molecule has 1 N–H and O–H groups in total. The second-order valence-electron chi connectivity index (χ2n) is 6.26. The number of carbonyl (C=O) groups is 1. The Morgan fingerprint density at radius 2 is 2.09 bits per heavy atom. The Morgan fingerprint density at radius 1 is 1.36 bits per heavy atom. The van der Waals surface area contributed by atoms with E-state index in [1.165, 1.54) is 0 Å². The van der Waals surface area contributed by atoms with E-state index in [1.54, 1.807) is 18.1 Å². The first-order chi connectivity index (χ1) is 10.3. The predicted octanol–water partition coefficient (Wildman–Crippen LogP) is 2.28. The van der Waals surface area contributed by atoms with Gasteiger partial charge in [0.05, 0.1) is 0 Å². The van der Waals surface area contributed by atoms with E-state index >= 15 is 0 Å². The topological polar surface area (TPSA) is 57.7 Å².